The minimum absolute atomic E-state index is 0.233. The molecule has 0 aromatic heterocycles. The summed E-state index contributed by atoms with van der Waals surface area (Å²) in [6.07, 6.45) is 1.75. The maximum Gasteiger partial charge on any atom is 0.375 e. The second kappa shape index (κ2) is 7.96. The van der Waals surface area contributed by atoms with E-state index in [1.165, 1.54) is 24.3 Å². The Balaban J connectivity index is 1.97. The number of hydrogen-bond donors (Lipinski definition) is 1. The summed E-state index contributed by atoms with van der Waals surface area (Å²) in [4.78, 5) is 16.7. The fourth-order valence-corrected chi connectivity index (χ4v) is 3.63. The maximum absolute atomic E-state index is 12.7. The highest BCUT2D eigenvalue weighted by atomic mass is 79.9. The molecule has 9 heteroatoms. The summed E-state index contributed by atoms with van der Waals surface area (Å²) >= 11 is 14.1. The van der Waals surface area contributed by atoms with Gasteiger partial charge in [-0.25, -0.2) is 0 Å². The zero-order chi connectivity index (χ0) is 17.0. The van der Waals surface area contributed by atoms with Crippen LogP contribution < -0.4 is 5.32 Å². The highest BCUT2D eigenvalue weighted by Gasteiger charge is 2.26. The van der Waals surface area contributed by atoms with E-state index in [9.17, 15) is 13.6 Å². The van der Waals surface area contributed by atoms with Gasteiger partial charge in [-0.15, -0.1) is 11.6 Å². The third kappa shape index (κ3) is 5.74. The van der Waals surface area contributed by atoms with E-state index in [4.69, 9.17) is 23.2 Å². The molecule has 0 saturated heterocycles. The van der Waals surface area contributed by atoms with E-state index in [1.54, 1.807) is 6.08 Å². The van der Waals surface area contributed by atoms with E-state index >= 15 is 0 Å². The SMILES string of the molecule is O=C(Nc1ccc(SC(F)(F)Cl)cc1)C1C=C(Br)C(CCl)=NC1. The average molecular weight is 444 g/mol. The van der Waals surface area contributed by atoms with Gasteiger partial charge < -0.3 is 5.32 Å². The van der Waals surface area contributed by atoms with Gasteiger partial charge in [0.25, 0.3) is 0 Å². The first kappa shape index (κ1) is 18.7. The van der Waals surface area contributed by atoms with Crippen molar-refractivity contribution in [2.24, 2.45) is 10.9 Å². The Morgan fingerprint density at radius 1 is 1.43 bits per heavy atom. The van der Waals surface area contributed by atoms with Gasteiger partial charge in [-0.1, -0.05) is 6.08 Å². The Labute approximate surface area is 154 Å². The number of carbonyl (C=O) groups excluding carboxylic acids is 1. The van der Waals surface area contributed by atoms with E-state index in [0.29, 0.717) is 27.3 Å². The smallest absolute Gasteiger partial charge is 0.326 e. The molecule has 0 saturated carbocycles. The molecular formula is C14H11BrCl2F2N2OS. The molecule has 1 aromatic rings. The molecule has 1 N–H and O–H groups in total. The number of amides is 1. The van der Waals surface area contributed by atoms with Crippen molar-refractivity contribution in [3.05, 3.63) is 34.8 Å². The Morgan fingerprint density at radius 2 is 2.09 bits per heavy atom. The van der Waals surface area contributed by atoms with Crippen molar-refractivity contribution in [3.8, 4) is 0 Å². The Hall–Kier alpha value is -0.630. The highest BCUT2D eigenvalue weighted by molar-refractivity contribution is 9.12. The summed E-state index contributed by atoms with van der Waals surface area (Å²) < 4.78 is 22.7. The standard InChI is InChI=1S/C14H11BrCl2F2N2OS/c15-11-5-8(7-20-12(11)6-16)13(22)21-9-1-3-10(4-2-9)23-14(17,18)19/h1-5,8H,6-7H2,(H,21,22). The number of carbonyl (C=O) groups is 1. The fraction of sp³-hybridized carbons (Fsp3) is 0.286. The number of dihydropyridines is 1. The number of halogens is 5. The summed E-state index contributed by atoms with van der Waals surface area (Å²) in [5, 5.41) is 2.72. The van der Waals surface area contributed by atoms with Crippen LogP contribution in [0.3, 0.4) is 0 Å². The number of alkyl halides is 4. The van der Waals surface area contributed by atoms with Gasteiger partial charge in [-0.05, 0) is 63.6 Å². The van der Waals surface area contributed by atoms with Gasteiger partial charge in [0.05, 0.1) is 24.1 Å². The van der Waals surface area contributed by atoms with Crippen LogP contribution in [0.5, 0.6) is 0 Å². The predicted molar refractivity (Wildman–Crippen MR) is 95.3 cm³/mol. The normalized spacial score (nSPS) is 18.2. The van der Waals surface area contributed by atoms with E-state index in [-0.39, 0.29) is 23.5 Å². The first-order valence-corrected chi connectivity index (χ1v) is 8.94. The van der Waals surface area contributed by atoms with Crippen molar-refractivity contribution in [2.45, 2.75) is 9.61 Å². The zero-order valence-electron chi connectivity index (χ0n) is 11.5. The lowest BCUT2D eigenvalue weighted by molar-refractivity contribution is -0.118. The van der Waals surface area contributed by atoms with Crippen molar-refractivity contribution in [3.63, 3.8) is 0 Å². The quantitative estimate of drug-likeness (QED) is 0.508. The predicted octanol–water partition coefficient (Wildman–Crippen LogP) is 5.09. The number of hydrogen-bond acceptors (Lipinski definition) is 3. The molecule has 23 heavy (non-hydrogen) atoms. The van der Waals surface area contributed by atoms with Crippen LogP contribution in [0.25, 0.3) is 0 Å². The molecule has 1 amide bonds. The van der Waals surface area contributed by atoms with Crippen LogP contribution in [-0.4, -0.2) is 28.8 Å². The van der Waals surface area contributed by atoms with Crippen molar-refractivity contribution >= 4 is 68.2 Å². The molecule has 1 aromatic carbocycles. The van der Waals surface area contributed by atoms with E-state index in [0.717, 1.165) is 0 Å². The lowest BCUT2D eigenvalue weighted by atomic mass is 10.1. The number of rotatable bonds is 5. The largest absolute Gasteiger partial charge is 0.375 e. The third-order valence-corrected chi connectivity index (χ3v) is 4.87. The van der Waals surface area contributed by atoms with Gasteiger partial charge in [-0.2, -0.15) is 8.78 Å². The van der Waals surface area contributed by atoms with Crippen molar-refractivity contribution < 1.29 is 13.6 Å². The monoisotopic (exact) mass is 442 g/mol. The lowest BCUT2D eigenvalue weighted by Gasteiger charge is -2.17. The summed E-state index contributed by atoms with van der Waals surface area (Å²) in [5.74, 6) is -0.379. The molecule has 0 radical (unpaired) electrons. The highest BCUT2D eigenvalue weighted by Crippen LogP contribution is 2.39. The van der Waals surface area contributed by atoms with Crippen molar-refractivity contribution in [1.29, 1.82) is 0 Å². The summed E-state index contributed by atoms with van der Waals surface area (Å²) in [5.41, 5.74) is 1.22. The molecular weight excluding hydrogens is 433 g/mol. The van der Waals surface area contributed by atoms with Crippen molar-refractivity contribution in [1.82, 2.24) is 0 Å². The van der Waals surface area contributed by atoms with Crippen LogP contribution >= 0.6 is 50.9 Å². The van der Waals surface area contributed by atoms with Crippen LogP contribution in [0.1, 0.15) is 0 Å². The molecule has 3 nitrogen and oxygen atoms in total. The van der Waals surface area contributed by atoms with Gasteiger partial charge in [0.15, 0.2) is 0 Å². The summed E-state index contributed by atoms with van der Waals surface area (Å²) in [6.45, 7) is 0.315. The number of benzene rings is 1. The van der Waals surface area contributed by atoms with E-state index in [1.807, 2.05) is 0 Å². The summed E-state index contributed by atoms with van der Waals surface area (Å²) in [7, 11) is 0. The lowest BCUT2D eigenvalue weighted by Crippen LogP contribution is -2.27. The fourth-order valence-electron chi connectivity index (χ4n) is 1.85. The molecule has 0 bridgehead atoms. The first-order chi connectivity index (χ1) is 10.8. The van der Waals surface area contributed by atoms with Crippen LogP contribution in [-0.2, 0) is 4.79 Å². The van der Waals surface area contributed by atoms with Gasteiger partial charge in [0.2, 0.25) is 5.91 Å². The second-order valence-corrected chi connectivity index (χ2v) is 7.61. The maximum atomic E-state index is 12.7. The van der Waals surface area contributed by atoms with Crippen LogP contribution in [0.4, 0.5) is 14.5 Å². The molecule has 2 rings (SSSR count). The Morgan fingerprint density at radius 3 is 2.61 bits per heavy atom. The van der Waals surface area contributed by atoms with E-state index in [2.05, 4.69) is 26.2 Å². The molecule has 1 unspecified atom stereocenters. The van der Waals surface area contributed by atoms with Gasteiger partial charge in [0.1, 0.15) is 0 Å². The number of nitrogens with zero attached hydrogens (tertiary/aromatic N) is 1. The number of allylic oxidation sites excluding steroid dienone is 1. The van der Waals surface area contributed by atoms with Gasteiger partial charge >= 0.3 is 4.71 Å². The number of aliphatic imine (C=N–C) groups is 1. The van der Waals surface area contributed by atoms with Gasteiger partial charge in [-0.3, -0.25) is 9.79 Å². The molecule has 1 heterocycles. The minimum atomic E-state index is -3.36. The molecule has 0 aliphatic carbocycles. The number of nitrogens with one attached hydrogen (secondary N) is 1. The Kier molecular flexibility index (Phi) is 6.48. The minimum Gasteiger partial charge on any atom is -0.326 e. The molecule has 0 fully saturated rings. The second-order valence-electron chi connectivity index (χ2n) is 4.60. The van der Waals surface area contributed by atoms with E-state index < -0.39 is 10.6 Å². The topological polar surface area (TPSA) is 41.5 Å². The molecule has 1 aliphatic rings. The molecule has 1 atom stereocenters. The van der Waals surface area contributed by atoms with Crippen molar-refractivity contribution in [2.75, 3.05) is 17.7 Å². The number of thioether (sulfide) groups is 1. The molecule has 124 valence electrons. The van der Waals surface area contributed by atoms with Crippen LogP contribution in [0.2, 0.25) is 0 Å². The zero-order valence-corrected chi connectivity index (χ0v) is 15.4. The van der Waals surface area contributed by atoms with Crippen LogP contribution in [0.15, 0.2) is 44.7 Å². The Bertz CT molecular complexity index is 647. The first-order valence-electron chi connectivity index (χ1n) is 6.42. The molecule has 1 aliphatic heterocycles. The summed E-state index contributed by atoms with van der Waals surface area (Å²) in [6, 6.07) is 6.01. The third-order valence-electron chi connectivity index (χ3n) is 2.92. The van der Waals surface area contributed by atoms with Gasteiger partial charge in [0, 0.05) is 15.1 Å². The number of anilines is 1. The van der Waals surface area contributed by atoms with Crippen LogP contribution in [0, 0.1) is 5.92 Å². The molecule has 0 spiro atoms. The average Bonchev–Trinajstić information content (AvgIpc) is 2.47.